The largest absolute Gasteiger partial charge is 0.418 e. The summed E-state index contributed by atoms with van der Waals surface area (Å²) in [4.78, 5) is 1.62. The van der Waals surface area contributed by atoms with E-state index in [-0.39, 0.29) is 5.69 Å². The number of alkyl halides is 3. The molecular formula is C12H17F3N2. The molecule has 1 N–H and O–H groups in total. The van der Waals surface area contributed by atoms with E-state index in [4.69, 9.17) is 0 Å². The summed E-state index contributed by atoms with van der Waals surface area (Å²) in [6.07, 6.45) is -4.30. The first-order valence-corrected chi connectivity index (χ1v) is 5.55. The minimum Gasteiger partial charge on any atom is -0.373 e. The third kappa shape index (κ3) is 3.93. The molecule has 2 nitrogen and oxygen atoms in total. The Hall–Kier alpha value is -1.23. The maximum Gasteiger partial charge on any atom is 0.418 e. The van der Waals surface area contributed by atoms with E-state index < -0.39 is 11.7 Å². The predicted octanol–water partition coefficient (Wildman–Crippen LogP) is 2.75. The molecule has 0 saturated carbocycles. The molecule has 0 atom stereocenters. The van der Waals surface area contributed by atoms with Crippen LogP contribution in [0.5, 0.6) is 0 Å². The Balaban J connectivity index is 2.82. The number of halogens is 3. The third-order valence-electron chi connectivity index (χ3n) is 2.49. The highest BCUT2D eigenvalue weighted by molar-refractivity contribution is 5.54. The van der Waals surface area contributed by atoms with E-state index in [0.717, 1.165) is 12.6 Å². The smallest absolute Gasteiger partial charge is 0.373 e. The molecular weight excluding hydrogens is 229 g/mol. The number of hydrogen-bond acceptors (Lipinski definition) is 2. The van der Waals surface area contributed by atoms with Crippen LogP contribution >= 0.6 is 0 Å². The Kier molecular flexibility index (Phi) is 4.81. The summed E-state index contributed by atoms with van der Waals surface area (Å²) in [5.74, 6) is 0. The van der Waals surface area contributed by atoms with Crippen molar-refractivity contribution in [3.05, 3.63) is 29.8 Å². The van der Waals surface area contributed by atoms with E-state index in [1.807, 2.05) is 6.92 Å². The molecule has 0 unspecified atom stereocenters. The van der Waals surface area contributed by atoms with Crippen molar-refractivity contribution in [2.24, 2.45) is 0 Å². The number of nitrogens with zero attached hydrogens (tertiary/aromatic N) is 1. The molecule has 96 valence electrons. The van der Waals surface area contributed by atoms with Crippen molar-refractivity contribution < 1.29 is 13.2 Å². The number of benzene rings is 1. The third-order valence-corrected chi connectivity index (χ3v) is 2.49. The Morgan fingerprint density at radius 3 is 2.47 bits per heavy atom. The van der Waals surface area contributed by atoms with Crippen molar-refractivity contribution in [3.8, 4) is 0 Å². The van der Waals surface area contributed by atoms with Gasteiger partial charge in [0.25, 0.3) is 0 Å². The average Bonchev–Trinajstić information content (AvgIpc) is 2.28. The van der Waals surface area contributed by atoms with Gasteiger partial charge in [0.15, 0.2) is 0 Å². The minimum absolute atomic E-state index is 0.220. The Morgan fingerprint density at radius 2 is 1.88 bits per heavy atom. The zero-order valence-electron chi connectivity index (χ0n) is 10.0. The van der Waals surface area contributed by atoms with Crippen LogP contribution in [0.4, 0.5) is 18.9 Å². The Labute approximate surface area is 99.4 Å². The SMILES string of the molecule is CCNCCN(C)c1ccccc1C(F)(F)F. The molecule has 0 spiro atoms. The molecule has 0 fully saturated rings. The van der Waals surface area contributed by atoms with Crippen LogP contribution < -0.4 is 10.2 Å². The van der Waals surface area contributed by atoms with E-state index in [9.17, 15) is 13.2 Å². The summed E-state index contributed by atoms with van der Waals surface area (Å²) in [5.41, 5.74) is -0.364. The van der Waals surface area contributed by atoms with Crippen LogP contribution in [0.25, 0.3) is 0 Å². The first-order valence-electron chi connectivity index (χ1n) is 5.55. The summed E-state index contributed by atoms with van der Waals surface area (Å²) in [6, 6.07) is 5.63. The van der Waals surface area contributed by atoms with Crippen molar-refractivity contribution in [1.82, 2.24) is 5.32 Å². The molecule has 0 amide bonds. The molecule has 0 aliphatic carbocycles. The number of para-hydroxylation sites is 1. The Morgan fingerprint density at radius 1 is 1.24 bits per heavy atom. The predicted molar refractivity (Wildman–Crippen MR) is 63.3 cm³/mol. The molecule has 0 heterocycles. The van der Waals surface area contributed by atoms with Crippen LogP contribution in [0.15, 0.2) is 24.3 Å². The van der Waals surface area contributed by atoms with Gasteiger partial charge in [-0.05, 0) is 18.7 Å². The maximum atomic E-state index is 12.8. The first-order chi connectivity index (χ1) is 7.96. The maximum absolute atomic E-state index is 12.8. The van der Waals surface area contributed by atoms with Crippen molar-refractivity contribution in [3.63, 3.8) is 0 Å². The summed E-state index contributed by atoms with van der Waals surface area (Å²) in [5, 5.41) is 3.08. The second kappa shape index (κ2) is 5.91. The molecule has 0 aliphatic heterocycles. The van der Waals surface area contributed by atoms with Gasteiger partial charge in [0.2, 0.25) is 0 Å². The average molecular weight is 246 g/mol. The normalized spacial score (nSPS) is 11.6. The van der Waals surface area contributed by atoms with E-state index >= 15 is 0 Å². The highest BCUT2D eigenvalue weighted by Gasteiger charge is 2.33. The van der Waals surface area contributed by atoms with Gasteiger partial charge in [-0.3, -0.25) is 0 Å². The number of anilines is 1. The van der Waals surface area contributed by atoms with Gasteiger partial charge >= 0.3 is 6.18 Å². The van der Waals surface area contributed by atoms with E-state index in [1.165, 1.54) is 12.1 Å². The molecule has 17 heavy (non-hydrogen) atoms. The van der Waals surface area contributed by atoms with Crippen LogP contribution in [0.3, 0.4) is 0 Å². The van der Waals surface area contributed by atoms with Crippen LogP contribution in [-0.2, 0) is 6.18 Å². The molecule has 0 radical (unpaired) electrons. The second-order valence-corrected chi connectivity index (χ2v) is 3.79. The molecule has 1 aromatic carbocycles. The zero-order chi connectivity index (χ0) is 12.9. The first kappa shape index (κ1) is 13.8. The van der Waals surface area contributed by atoms with Gasteiger partial charge in [0.05, 0.1) is 5.56 Å². The Bertz CT molecular complexity index is 350. The topological polar surface area (TPSA) is 15.3 Å². The molecule has 1 rings (SSSR count). The van der Waals surface area contributed by atoms with E-state index in [0.29, 0.717) is 13.1 Å². The van der Waals surface area contributed by atoms with Gasteiger partial charge in [-0.15, -0.1) is 0 Å². The van der Waals surface area contributed by atoms with Gasteiger partial charge in [-0.2, -0.15) is 13.2 Å². The summed E-state index contributed by atoms with van der Waals surface area (Å²) >= 11 is 0. The van der Waals surface area contributed by atoms with E-state index in [2.05, 4.69) is 5.32 Å². The van der Waals surface area contributed by atoms with Gasteiger partial charge < -0.3 is 10.2 Å². The fourth-order valence-electron chi connectivity index (χ4n) is 1.59. The van der Waals surface area contributed by atoms with Gasteiger partial charge in [-0.1, -0.05) is 19.1 Å². The van der Waals surface area contributed by atoms with Crippen LogP contribution in [0.2, 0.25) is 0 Å². The quantitative estimate of drug-likeness (QED) is 0.804. The molecule has 0 saturated heterocycles. The highest BCUT2D eigenvalue weighted by atomic mass is 19.4. The van der Waals surface area contributed by atoms with Crippen molar-refractivity contribution in [2.45, 2.75) is 13.1 Å². The van der Waals surface area contributed by atoms with Crippen molar-refractivity contribution in [2.75, 3.05) is 31.6 Å². The van der Waals surface area contributed by atoms with Gasteiger partial charge in [0, 0.05) is 25.8 Å². The molecule has 0 bridgehead atoms. The lowest BCUT2D eigenvalue weighted by Crippen LogP contribution is -2.30. The number of likely N-dealkylation sites (N-methyl/N-ethyl adjacent to an activating group) is 2. The van der Waals surface area contributed by atoms with E-state index in [1.54, 1.807) is 18.0 Å². The zero-order valence-corrected chi connectivity index (χ0v) is 10.0. The van der Waals surface area contributed by atoms with Crippen LogP contribution in [-0.4, -0.2) is 26.7 Å². The number of nitrogens with one attached hydrogen (secondary N) is 1. The van der Waals surface area contributed by atoms with Crippen molar-refractivity contribution in [1.29, 1.82) is 0 Å². The number of rotatable bonds is 5. The molecule has 0 aliphatic rings. The summed E-state index contributed by atoms with van der Waals surface area (Å²) in [7, 11) is 1.67. The lowest BCUT2D eigenvalue weighted by molar-refractivity contribution is -0.137. The summed E-state index contributed by atoms with van der Waals surface area (Å²) in [6.45, 7) is 3.98. The molecule has 5 heteroatoms. The molecule has 1 aromatic rings. The lowest BCUT2D eigenvalue weighted by atomic mass is 10.1. The number of hydrogen-bond donors (Lipinski definition) is 1. The second-order valence-electron chi connectivity index (χ2n) is 3.79. The monoisotopic (exact) mass is 246 g/mol. The summed E-state index contributed by atoms with van der Waals surface area (Å²) < 4.78 is 38.3. The lowest BCUT2D eigenvalue weighted by Gasteiger charge is -2.23. The van der Waals surface area contributed by atoms with Crippen LogP contribution in [0, 0.1) is 0 Å². The van der Waals surface area contributed by atoms with Crippen molar-refractivity contribution >= 4 is 5.69 Å². The van der Waals surface area contributed by atoms with Gasteiger partial charge in [-0.25, -0.2) is 0 Å². The minimum atomic E-state index is -4.30. The fraction of sp³-hybridized carbons (Fsp3) is 0.500. The molecule has 0 aromatic heterocycles. The van der Waals surface area contributed by atoms with Gasteiger partial charge in [0.1, 0.15) is 0 Å². The van der Waals surface area contributed by atoms with Crippen LogP contribution in [0.1, 0.15) is 12.5 Å². The standard InChI is InChI=1S/C12H17F3N2/c1-3-16-8-9-17(2)11-7-5-4-6-10(11)12(13,14)15/h4-7,16H,3,8-9H2,1-2H3. The fourth-order valence-corrected chi connectivity index (χ4v) is 1.59. The highest BCUT2D eigenvalue weighted by Crippen LogP contribution is 2.35.